The van der Waals surface area contributed by atoms with Crippen LogP contribution in [0.5, 0.6) is 0 Å². The Morgan fingerprint density at radius 1 is 1.45 bits per heavy atom. The SMILES string of the molecule is CCc1ccc(S(=O)(=O)N2CCCCC2(C)C(=O)O)s1. The van der Waals surface area contributed by atoms with Crippen LogP contribution in [0.3, 0.4) is 0 Å². The maximum absolute atomic E-state index is 12.7. The third-order valence-corrected chi connectivity index (χ3v) is 7.53. The maximum atomic E-state index is 12.7. The lowest BCUT2D eigenvalue weighted by Gasteiger charge is -2.40. The molecule has 112 valence electrons. The molecule has 1 atom stereocenters. The third-order valence-electron chi connectivity index (χ3n) is 3.82. The van der Waals surface area contributed by atoms with E-state index in [0.717, 1.165) is 22.0 Å². The third kappa shape index (κ3) is 2.49. The fraction of sp³-hybridized carbons (Fsp3) is 0.615. The Kier molecular flexibility index (Phi) is 4.22. The number of nitrogens with zero attached hydrogens (tertiary/aromatic N) is 1. The molecule has 0 bridgehead atoms. The van der Waals surface area contributed by atoms with Gasteiger partial charge in [-0.2, -0.15) is 4.31 Å². The van der Waals surface area contributed by atoms with Crippen LogP contribution in [0.25, 0.3) is 0 Å². The van der Waals surface area contributed by atoms with Gasteiger partial charge in [0.05, 0.1) is 0 Å². The summed E-state index contributed by atoms with van der Waals surface area (Å²) in [6.45, 7) is 3.73. The molecule has 1 aromatic heterocycles. The van der Waals surface area contributed by atoms with Crippen molar-refractivity contribution in [1.82, 2.24) is 4.31 Å². The molecule has 0 aliphatic carbocycles. The van der Waals surface area contributed by atoms with E-state index < -0.39 is 21.5 Å². The predicted octanol–water partition coefficient (Wildman–Crippen LogP) is 2.33. The first-order valence-electron chi connectivity index (χ1n) is 6.67. The van der Waals surface area contributed by atoms with Gasteiger partial charge in [-0.1, -0.05) is 6.92 Å². The van der Waals surface area contributed by atoms with Crippen molar-refractivity contribution < 1.29 is 18.3 Å². The van der Waals surface area contributed by atoms with Crippen LogP contribution < -0.4 is 0 Å². The summed E-state index contributed by atoms with van der Waals surface area (Å²) >= 11 is 1.22. The maximum Gasteiger partial charge on any atom is 0.324 e. The van der Waals surface area contributed by atoms with Crippen molar-refractivity contribution in [2.75, 3.05) is 6.54 Å². The van der Waals surface area contributed by atoms with Gasteiger partial charge in [0.2, 0.25) is 0 Å². The topological polar surface area (TPSA) is 74.7 Å². The minimum absolute atomic E-state index is 0.240. The molecule has 0 radical (unpaired) electrons. The van der Waals surface area contributed by atoms with Crippen molar-refractivity contribution in [2.24, 2.45) is 0 Å². The summed E-state index contributed by atoms with van der Waals surface area (Å²) in [5, 5.41) is 9.43. The first-order chi connectivity index (χ1) is 9.32. The number of sulfonamides is 1. The number of hydrogen-bond donors (Lipinski definition) is 1. The molecule has 1 aromatic rings. The van der Waals surface area contributed by atoms with Crippen molar-refractivity contribution in [3.05, 3.63) is 17.0 Å². The van der Waals surface area contributed by atoms with Crippen LogP contribution in [0.15, 0.2) is 16.3 Å². The number of aliphatic carboxylic acids is 1. The monoisotopic (exact) mass is 317 g/mol. The average molecular weight is 317 g/mol. The van der Waals surface area contributed by atoms with Crippen LogP contribution in [0.4, 0.5) is 0 Å². The van der Waals surface area contributed by atoms with Crippen LogP contribution in [0.2, 0.25) is 0 Å². The Labute approximate surface area is 123 Å². The highest BCUT2D eigenvalue weighted by molar-refractivity contribution is 7.91. The Morgan fingerprint density at radius 2 is 2.15 bits per heavy atom. The standard InChI is InChI=1S/C13H19NO4S2/c1-3-10-6-7-11(19-10)20(17,18)14-9-5-4-8-13(14,2)12(15)16/h6-7H,3-5,8-9H2,1-2H3,(H,15,16). The molecule has 1 saturated heterocycles. The largest absolute Gasteiger partial charge is 0.480 e. The van der Waals surface area contributed by atoms with Gasteiger partial charge in [-0.3, -0.25) is 4.79 Å². The van der Waals surface area contributed by atoms with E-state index in [4.69, 9.17) is 0 Å². The number of rotatable bonds is 4. The first kappa shape index (κ1) is 15.5. The van der Waals surface area contributed by atoms with Crippen LogP contribution in [-0.2, 0) is 21.2 Å². The van der Waals surface area contributed by atoms with Crippen LogP contribution in [0.1, 0.15) is 38.0 Å². The van der Waals surface area contributed by atoms with E-state index in [0.29, 0.717) is 12.8 Å². The zero-order valence-electron chi connectivity index (χ0n) is 11.6. The first-order valence-corrected chi connectivity index (χ1v) is 8.93. The number of carboxylic acid groups (broad SMARTS) is 1. The summed E-state index contributed by atoms with van der Waals surface area (Å²) in [5.74, 6) is -1.08. The van der Waals surface area contributed by atoms with E-state index in [9.17, 15) is 18.3 Å². The average Bonchev–Trinajstić information content (AvgIpc) is 2.88. The molecular formula is C13H19NO4S2. The quantitative estimate of drug-likeness (QED) is 0.925. The highest BCUT2D eigenvalue weighted by Gasteiger charge is 2.48. The molecule has 2 heterocycles. The zero-order chi connectivity index (χ0) is 15.0. The second-order valence-electron chi connectivity index (χ2n) is 5.19. The number of piperidine rings is 1. The Balaban J connectivity index is 2.43. The van der Waals surface area contributed by atoms with Gasteiger partial charge in [-0.25, -0.2) is 8.42 Å². The highest BCUT2D eigenvalue weighted by atomic mass is 32.2. The minimum atomic E-state index is -3.73. The highest BCUT2D eigenvalue weighted by Crippen LogP contribution is 2.35. The van der Waals surface area contributed by atoms with Crippen LogP contribution in [0, 0.1) is 0 Å². The molecule has 1 aliphatic rings. The van der Waals surface area contributed by atoms with Crippen molar-refractivity contribution in [2.45, 2.75) is 49.3 Å². The fourth-order valence-corrected chi connectivity index (χ4v) is 5.70. The molecule has 0 aromatic carbocycles. The second-order valence-corrected chi connectivity index (χ2v) is 8.45. The molecule has 0 saturated carbocycles. The number of carbonyl (C=O) groups is 1. The lowest BCUT2D eigenvalue weighted by molar-refractivity contribution is -0.149. The van der Waals surface area contributed by atoms with Gasteiger partial charge in [0.25, 0.3) is 10.0 Å². The molecule has 1 aliphatic heterocycles. The van der Waals surface area contributed by atoms with Crippen LogP contribution >= 0.6 is 11.3 Å². The molecule has 1 unspecified atom stereocenters. The Hall–Kier alpha value is -0.920. The zero-order valence-corrected chi connectivity index (χ0v) is 13.3. The summed E-state index contributed by atoms with van der Waals surface area (Å²) in [5.41, 5.74) is -1.34. The van der Waals surface area contributed by atoms with E-state index in [1.54, 1.807) is 12.1 Å². The number of hydrogen-bond acceptors (Lipinski definition) is 4. The second kappa shape index (κ2) is 5.46. The predicted molar refractivity (Wildman–Crippen MR) is 77.5 cm³/mol. The Bertz CT molecular complexity index is 608. The molecular weight excluding hydrogens is 298 g/mol. The van der Waals surface area contributed by atoms with Crippen LogP contribution in [-0.4, -0.2) is 35.9 Å². The molecule has 5 nitrogen and oxygen atoms in total. The molecule has 20 heavy (non-hydrogen) atoms. The van der Waals surface area contributed by atoms with Crippen molar-refractivity contribution >= 4 is 27.3 Å². The molecule has 0 amide bonds. The summed E-state index contributed by atoms with van der Waals surface area (Å²) < 4.78 is 26.8. The molecule has 2 rings (SSSR count). The van der Waals surface area contributed by atoms with Crippen molar-refractivity contribution in [1.29, 1.82) is 0 Å². The van der Waals surface area contributed by atoms with Crippen molar-refractivity contribution in [3.8, 4) is 0 Å². The van der Waals surface area contributed by atoms with Gasteiger partial charge in [0.1, 0.15) is 9.75 Å². The van der Waals surface area contributed by atoms with E-state index in [2.05, 4.69) is 0 Å². The molecule has 1 N–H and O–H groups in total. The fourth-order valence-electron chi connectivity index (χ4n) is 2.49. The van der Waals surface area contributed by atoms with E-state index in [-0.39, 0.29) is 10.8 Å². The summed E-state index contributed by atoms with van der Waals surface area (Å²) in [4.78, 5) is 12.5. The Morgan fingerprint density at radius 3 is 2.70 bits per heavy atom. The normalized spacial score (nSPS) is 24.7. The number of thiophene rings is 1. The molecule has 0 spiro atoms. The van der Waals surface area contributed by atoms with E-state index in [1.807, 2.05) is 6.92 Å². The van der Waals surface area contributed by atoms with E-state index >= 15 is 0 Å². The lowest BCUT2D eigenvalue weighted by Crippen LogP contribution is -2.57. The van der Waals surface area contributed by atoms with E-state index in [1.165, 1.54) is 18.3 Å². The van der Waals surface area contributed by atoms with Gasteiger partial charge in [0, 0.05) is 11.4 Å². The summed E-state index contributed by atoms with van der Waals surface area (Å²) in [7, 11) is -3.73. The minimum Gasteiger partial charge on any atom is -0.480 e. The smallest absolute Gasteiger partial charge is 0.324 e. The summed E-state index contributed by atoms with van der Waals surface area (Å²) in [6.07, 6.45) is 2.57. The summed E-state index contributed by atoms with van der Waals surface area (Å²) in [6, 6.07) is 3.37. The van der Waals surface area contributed by atoms with Gasteiger partial charge >= 0.3 is 5.97 Å². The van der Waals surface area contributed by atoms with Gasteiger partial charge < -0.3 is 5.11 Å². The number of carboxylic acids is 1. The van der Waals surface area contributed by atoms with Crippen molar-refractivity contribution in [3.63, 3.8) is 0 Å². The molecule has 1 fully saturated rings. The van der Waals surface area contributed by atoms with Gasteiger partial charge in [0.15, 0.2) is 0 Å². The van der Waals surface area contributed by atoms with Gasteiger partial charge in [-0.15, -0.1) is 11.3 Å². The molecule has 7 heteroatoms. The van der Waals surface area contributed by atoms with Gasteiger partial charge in [-0.05, 0) is 44.7 Å². The number of aryl methyl sites for hydroxylation is 1. The lowest BCUT2D eigenvalue weighted by atomic mass is 9.91.